The first kappa shape index (κ1) is 16.1. The van der Waals surface area contributed by atoms with Gasteiger partial charge in [-0.25, -0.2) is 0 Å². The SMILES string of the molecule is CC(=O)N[C@@H](C(=O)NCCc1c[nH]c2ccccc12)C(C)C. The molecule has 1 atom stereocenters. The molecule has 0 spiro atoms. The molecule has 2 aromatic rings. The number of benzene rings is 1. The van der Waals surface area contributed by atoms with Crippen molar-refractivity contribution < 1.29 is 9.59 Å². The fourth-order valence-electron chi connectivity index (χ4n) is 2.52. The van der Waals surface area contributed by atoms with Gasteiger partial charge in [0.25, 0.3) is 0 Å². The summed E-state index contributed by atoms with van der Waals surface area (Å²) in [6.07, 6.45) is 2.73. The second-order valence-corrected chi connectivity index (χ2v) is 5.82. The molecule has 22 heavy (non-hydrogen) atoms. The molecule has 1 aromatic heterocycles. The molecule has 0 aliphatic carbocycles. The maximum Gasteiger partial charge on any atom is 0.242 e. The number of H-pyrrole nitrogens is 1. The molecule has 0 radical (unpaired) electrons. The van der Waals surface area contributed by atoms with E-state index in [1.165, 1.54) is 17.9 Å². The van der Waals surface area contributed by atoms with Gasteiger partial charge in [0, 0.05) is 30.6 Å². The van der Waals surface area contributed by atoms with E-state index in [0.717, 1.165) is 11.9 Å². The molecular weight excluding hydrogens is 278 g/mol. The molecule has 0 saturated heterocycles. The fourth-order valence-corrected chi connectivity index (χ4v) is 2.52. The van der Waals surface area contributed by atoms with Crippen molar-refractivity contribution in [2.45, 2.75) is 33.2 Å². The minimum absolute atomic E-state index is 0.0528. The molecule has 0 fully saturated rings. The maximum absolute atomic E-state index is 12.2. The highest BCUT2D eigenvalue weighted by Crippen LogP contribution is 2.17. The highest BCUT2D eigenvalue weighted by molar-refractivity contribution is 5.87. The number of amides is 2. The highest BCUT2D eigenvalue weighted by atomic mass is 16.2. The third-order valence-corrected chi connectivity index (χ3v) is 3.68. The number of carbonyl (C=O) groups is 2. The lowest BCUT2D eigenvalue weighted by atomic mass is 10.0. The highest BCUT2D eigenvalue weighted by Gasteiger charge is 2.22. The standard InChI is InChI=1S/C17H23N3O2/c1-11(2)16(20-12(3)21)17(22)18-9-8-13-10-19-15-7-5-4-6-14(13)15/h4-7,10-11,16,19H,8-9H2,1-3H3,(H,18,22)(H,20,21)/t16-/m1/s1. The summed E-state index contributed by atoms with van der Waals surface area (Å²) in [5.41, 5.74) is 2.28. The molecule has 0 bridgehead atoms. The third kappa shape index (κ3) is 3.87. The second-order valence-electron chi connectivity index (χ2n) is 5.82. The Labute approximate surface area is 130 Å². The third-order valence-electron chi connectivity index (χ3n) is 3.68. The molecule has 3 N–H and O–H groups in total. The average Bonchev–Trinajstić information content (AvgIpc) is 2.87. The minimum Gasteiger partial charge on any atom is -0.361 e. The van der Waals surface area contributed by atoms with Crippen LogP contribution in [0.4, 0.5) is 0 Å². The maximum atomic E-state index is 12.2. The smallest absolute Gasteiger partial charge is 0.242 e. The van der Waals surface area contributed by atoms with Gasteiger partial charge < -0.3 is 15.6 Å². The van der Waals surface area contributed by atoms with E-state index >= 15 is 0 Å². The number of fused-ring (bicyclic) bond motifs is 1. The lowest BCUT2D eigenvalue weighted by Gasteiger charge is -2.20. The summed E-state index contributed by atoms with van der Waals surface area (Å²) >= 11 is 0. The number of aromatic amines is 1. The molecule has 2 rings (SSSR count). The minimum atomic E-state index is -0.486. The Hall–Kier alpha value is -2.30. The summed E-state index contributed by atoms with van der Waals surface area (Å²) in [6.45, 7) is 5.80. The van der Waals surface area contributed by atoms with Gasteiger partial charge in [0.1, 0.15) is 6.04 Å². The van der Waals surface area contributed by atoms with Gasteiger partial charge in [-0.3, -0.25) is 9.59 Å². The molecular formula is C17H23N3O2. The van der Waals surface area contributed by atoms with Crippen molar-refractivity contribution in [1.29, 1.82) is 0 Å². The predicted octanol–water partition coefficient (Wildman–Crippen LogP) is 1.99. The second kappa shape index (κ2) is 7.11. The van der Waals surface area contributed by atoms with Gasteiger partial charge in [-0.05, 0) is 24.0 Å². The van der Waals surface area contributed by atoms with Crippen LogP contribution >= 0.6 is 0 Å². The zero-order chi connectivity index (χ0) is 16.1. The van der Waals surface area contributed by atoms with Gasteiger partial charge in [0.15, 0.2) is 0 Å². The zero-order valence-corrected chi connectivity index (χ0v) is 13.3. The first-order valence-electron chi connectivity index (χ1n) is 7.59. The predicted molar refractivity (Wildman–Crippen MR) is 87.5 cm³/mol. The Morgan fingerprint density at radius 1 is 1.23 bits per heavy atom. The van der Waals surface area contributed by atoms with Gasteiger partial charge in [-0.1, -0.05) is 32.0 Å². The molecule has 1 heterocycles. The van der Waals surface area contributed by atoms with Crippen molar-refractivity contribution in [3.8, 4) is 0 Å². The summed E-state index contributed by atoms with van der Waals surface area (Å²) in [5, 5.41) is 6.78. The molecule has 1 aromatic carbocycles. The number of carbonyl (C=O) groups excluding carboxylic acids is 2. The van der Waals surface area contributed by atoms with Crippen molar-refractivity contribution in [3.63, 3.8) is 0 Å². The van der Waals surface area contributed by atoms with Gasteiger partial charge in [-0.15, -0.1) is 0 Å². The quantitative estimate of drug-likeness (QED) is 0.763. The van der Waals surface area contributed by atoms with E-state index in [2.05, 4.69) is 21.7 Å². The molecule has 0 aliphatic rings. The molecule has 118 valence electrons. The van der Waals surface area contributed by atoms with Crippen molar-refractivity contribution >= 4 is 22.7 Å². The number of aromatic nitrogens is 1. The van der Waals surface area contributed by atoms with Crippen LogP contribution in [0, 0.1) is 5.92 Å². The fraction of sp³-hybridized carbons (Fsp3) is 0.412. The summed E-state index contributed by atoms with van der Waals surface area (Å²) in [5.74, 6) is -0.271. The van der Waals surface area contributed by atoms with Gasteiger partial charge >= 0.3 is 0 Å². The van der Waals surface area contributed by atoms with Crippen molar-refractivity contribution in [2.75, 3.05) is 6.54 Å². The van der Waals surface area contributed by atoms with E-state index < -0.39 is 6.04 Å². The van der Waals surface area contributed by atoms with E-state index in [1.54, 1.807) is 0 Å². The molecule has 0 unspecified atom stereocenters. The number of rotatable bonds is 6. The van der Waals surface area contributed by atoms with Crippen molar-refractivity contribution in [3.05, 3.63) is 36.0 Å². The summed E-state index contributed by atoms with van der Waals surface area (Å²) in [6, 6.07) is 7.61. The molecule has 5 heteroatoms. The summed E-state index contributed by atoms with van der Waals surface area (Å²) in [4.78, 5) is 26.6. The molecule has 5 nitrogen and oxygen atoms in total. The van der Waals surface area contributed by atoms with Crippen LogP contribution in [0.1, 0.15) is 26.3 Å². The van der Waals surface area contributed by atoms with Crippen molar-refractivity contribution in [2.24, 2.45) is 5.92 Å². The Morgan fingerprint density at radius 3 is 2.64 bits per heavy atom. The van der Waals surface area contributed by atoms with Crippen LogP contribution in [-0.2, 0) is 16.0 Å². The van der Waals surface area contributed by atoms with Crippen LogP contribution in [0.25, 0.3) is 10.9 Å². The number of para-hydroxylation sites is 1. The molecule has 0 saturated carbocycles. The largest absolute Gasteiger partial charge is 0.361 e. The van der Waals surface area contributed by atoms with Crippen molar-refractivity contribution in [1.82, 2.24) is 15.6 Å². The average molecular weight is 301 g/mol. The Bertz CT molecular complexity index is 661. The summed E-state index contributed by atoms with van der Waals surface area (Å²) in [7, 11) is 0. The number of nitrogens with one attached hydrogen (secondary N) is 3. The lowest BCUT2D eigenvalue weighted by molar-refractivity contribution is -0.129. The van der Waals surface area contributed by atoms with Crippen LogP contribution in [0.5, 0.6) is 0 Å². The van der Waals surface area contributed by atoms with Gasteiger partial charge in [-0.2, -0.15) is 0 Å². The monoisotopic (exact) mass is 301 g/mol. The van der Waals surface area contributed by atoms with E-state index in [0.29, 0.717) is 6.54 Å². The first-order valence-corrected chi connectivity index (χ1v) is 7.59. The molecule has 0 aliphatic heterocycles. The number of hydrogen-bond donors (Lipinski definition) is 3. The number of hydrogen-bond acceptors (Lipinski definition) is 2. The van der Waals surface area contributed by atoms with Crippen LogP contribution in [-0.4, -0.2) is 29.4 Å². The first-order chi connectivity index (χ1) is 10.5. The van der Waals surface area contributed by atoms with Gasteiger partial charge in [0.05, 0.1) is 0 Å². The van der Waals surface area contributed by atoms with Crippen LogP contribution < -0.4 is 10.6 Å². The van der Waals surface area contributed by atoms with E-state index in [4.69, 9.17) is 0 Å². The topological polar surface area (TPSA) is 74.0 Å². The van der Waals surface area contributed by atoms with E-state index in [9.17, 15) is 9.59 Å². The van der Waals surface area contributed by atoms with Gasteiger partial charge in [0.2, 0.25) is 11.8 Å². The van der Waals surface area contributed by atoms with Crippen LogP contribution in [0.2, 0.25) is 0 Å². The van der Waals surface area contributed by atoms with E-state index in [1.807, 2.05) is 38.2 Å². The Morgan fingerprint density at radius 2 is 1.95 bits per heavy atom. The van der Waals surface area contributed by atoms with Crippen LogP contribution in [0.15, 0.2) is 30.5 Å². The zero-order valence-electron chi connectivity index (χ0n) is 13.3. The van der Waals surface area contributed by atoms with Crippen LogP contribution in [0.3, 0.4) is 0 Å². The lowest BCUT2D eigenvalue weighted by Crippen LogP contribution is -2.49. The Kier molecular flexibility index (Phi) is 5.20. The Balaban J connectivity index is 1.92. The molecule has 2 amide bonds. The summed E-state index contributed by atoms with van der Waals surface area (Å²) < 4.78 is 0. The normalized spacial score (nSPS) is 12.4. The van der Waals surface area contributed by atoms with E-state index in [-0.39, 0.29) is 17.7 Å².